The highest BCUT2D eigenvalue weighted by Gasteiger charge is 2.54. The van der Waals surface area contributed by atoms with Crippen molar-refractivity contribution in [2.45, 2.75) is 52.6 Å². The second kappa shape index (κ2) is 6.08. The third-order valence-electron chi connectivity index (χ3n) is 7.06. The second-order valence-corrected chi connectivity index (χ2v) is 8.80. The van der Waals surface area contributed by atoms with Gasteiger partial charge in [0.05, 0.1) is 5.92 Å². The maximum atomic E-state index is 12.7. The third-order valence-corrected chi connectivity index (χ3v) is 7.06. The smallest absolute Gasteiger partial charge is 0.311 e. The predicted octanol–water partition coefficient (Wildman–Crippen LogP) is 3.13. The van der Waals surface area contributed by atoms with Crippen LogP contribution >= 0.6 is 0 Å². The highest BCUT2D eigenvalue weighted by atomic mass is 16.6. The van der Waals surface area contributed by atoms with Crippen LogP contribution in [0, 0.1) is 23.2 Å². The number of likely N-dealkylation sites (tertiary alicyclic amines) is 1. The lowest BCUT2D eigenvalue weighted by Crippen LogP contribution is -2.43. The first kappa shape index (κ1) is 17.0. The average molecular weight is 343 g/mol. The first-order valence-corrected chi connectivity index (χ1v) is 9.77. The summed E-state index contributed by atoms with van der Waals surface area (Å²) in [5.74, 6) is 0.994. The van der Waals surface area contributed by atoms with Crippen LogP contribution in [0.2, 0.25) is 0 Å². The van der Waals surface area contributed by atoms with E-state index in [0.29, 0.717) is 0 Å². The third kappa shape index (κ3) is 2.79. The molecule has 0 amide bonds. The quantitative estimate of drug-likeness (QED) is 0.723. The van der Waals surface area contributed by atoms with Gasteiger partial charge in [0, 0.05) is 23.5 Å². The molecule has 3 fully saturated rings. The number of piperidine rings is 1. The molecule has 0 N–H and O–H groups in total. The van der Waals surface area contributed by atoms with Gasteiger partial charge < -0.3 is 9.64 Å². The molecule has 2 saturated heterocycles. The van der Waals surface area contributed by atoms with Crippen LogP contribution in [0.1, 0.15) is 46.5 Å². The Morgan fingerprint density at radius 1 is 1.24 bits per heavy atom. The summed E-state index contributed by atoms with van der Waals surface area (Å²) in [7, 11) is 0. The Kier molecular flexibility index (Phi) is 4.14. The van der Waals surface area contributed by atoms with Crippen LogP contribution < -0.4 is 0 Å². The summed E-state index contributed by atoms with van der Waals surface area (Å²) in [6.45, 7) is 9.38. The van der Waals surface area contributed by atoms with E-state index < -0.39 is 0 Å². The van der Waals surface area contributed by atoms with Crippen LogP contribution in [0.3, 0.4) is 0 Å². The topological polar surface area (TPSA) is 46.6 Å². The Morgan fingerprint density at radius 2 is 1.96 bits per heavy atom. The Hall–Kier alpha value is -1.42. The second-order valence-electron chi connectivity index (χ2n) is 8.80. The highest BCUT2D eigenvalue weighted by Crippen LogP contribution is 2.53. The van der Waals surface area contributed by atoms with Crippen molar-refractivity contribution in [3.8, 4) is 0 Å². The number of rotatable bonds is 2. The van der Waals surface area contributed by atoms with E-state index in [2.05, 4.69) is 18.7 Å². The number of carbonyl (C=O) groups excluding carboxylic acids is 2. The number of hydrogen-bond acceptors (Lipinski definition) is 4. The first-order chi connectivity index (χ1) is 11.9. The Bertz CT molecular complexity index is 656. The number of ketones is 1. The lowest BCUT2D eigenvalue weighted by atomic mass is 9.61. The van der Waals surface area contributed by atoms with Crippen molar-refractivity contribution >= 4 is 11.8 Å². The molecular weight excluding hydrogens is 314 g/mol. The Balaban J connectivity index is 1.56. The fourth-order valence-corrected chi connectivity index (χ4v) is 5.30. The highest BCUT2D eigenvalue weighted by molar-refractivity contribution is 6.05. The SMILES string of the molecule is CC1=C2[C@H]3OC(=O)[C@H](CN4CCC(C)CC4)[C@@H]3CC[C@@]2(C)C=CC1=O. The van der Waals surface area contributed by atoms with Gasteiger partial charge in [-0.15, -0.1) is 0 Å². The molecule has 2 aliphatic carbocycles. The van der Waals surface area contributed by atoms with E-state index in [9.17, 15) is 9.59 Å². The van der Waals surface area contributed by atoms with Crippen molar-refractivity contribution < 1.29 is 14.3 Å². The molecule has 1 saturated carbocycles. The van der Waals surface area contributed by atoms with E-state index in [1.165, 1.54) is 12.8 Å². The van der Waals surface area contributed by atoms with Gasteiger partial charge in [-0.3, -0.25) is 9.59 Å². The largest absolute Gasteiger partial charge is 0.457 e. The van der Waals surface area contributed by atoms with E-state index in [-0.39, 0.29) is 35.1 Å². The molecule has 0 spiro atoms. The van der Waals surface area contributed by atoms with Gasteiger partial charge in [0.15, 0.2) is 5.78 Å². The molecule has 0 radical (unpaired) electrons. The summed E-state index contributed by atoms with van der Waals surface area (Å²) < 4.78 is 5.88. The summed E-state index contributed by atoms with van der Waals surface area (Å²) >= 11 is 0. The minimum absolute atomic E-state index is 0.0377. The van der Waals surface area contributed by atoms with Crippen molar-refractivity contribution in [2.24, 2.45) is 23.2 Å². The van der Waals surface area contributed by atoms with Crippen molar-refractivity contribution in [1.29, 1.82) is 0 Å². The van der Waals surface area contributed by atoms with Crippen molar-refractivity contribution in [3.63, 3.8) is 0 Å². The molecule has 25 heavy (non-hydrogen) atoms. The van der Waals surface area contributed by atoms with Gasteiger partial charge in [-0.1, -0.05) is 19.9 Å². The van der Waals surface area contributed by atoms with E-state index in [1.54, 1.807) is 6.08 Å². The van der Waals surface area contributed by atoms with Gasteiger partial charge in [-0.25, -0.2) is 0 Å². The molecule has 0 aromatic rings. The van der Waals surface area contributed by atoms with Crippen LogP contribution in [-0.2, 0) is 14.3 Å². The van der Waals surface area contributed by atoms with Crippen LogP contribution in [-0.4, -0.2) is 42.4 Å². The Labute approximate surface area is 150 Å². The van der Waals surface area contributed by atoms with Crippen LogP contribution in [0.15, 0.2) is 23.3 Å². The van der Waals surface area contributed by atoms with Gasteiger partial charge in [-0.05, 0) is 63.3 Å². The minimum Gasteiger partial charge on any atom is -0.457 e. The number of carbonyl (C=O) groups is 2. The number of esters is 1. The number of nitrogens with zero attached hydrogens (tertiary/aromatic N) is 1. The van der Waals surface area contributed by atoms with Gasteiger partial charge in [0.1, 0.15) is 6.10 Å². The molecule has 0 aromatic carbocycles. The maximum absolute atomic E-state index is 12.7. The van der Waals surface area contributed by atoms with Crippen molar-refractivity contribution in [2.75, 3.05) is 19.6 Å². The number of fused-ring (bicyclic) bond motifs is 3. The normalized spacial score (nSPS) is 39.4. The number of ether oxygens (including phenoxy) is 1. The summed E-state index contributed by atoms with van der Waals surface area (Å²) in [6.07, 6.45) is 7.96. The molecule has 136 valence electrons. The monoisotopic (exact) mass is 343 g/mol. The number of hydrogen-bond donors (Lipinski definition) is 0. The zero-order valence-electron chi connectivity index (χ0n) is 15.6. The molecule has 0 aromatic heterocycles. The minimum atomic E-state index is -0.200. The number of allylic oxidation sites excluding steroid dienone is 3. The van der Waals surface area contributed by atoms with Crippen LogP contribution in [0.5, 0.6) is 0 Å². The lowest BCUT2D eigenvalue weighted by molar-refractivity contribution is -0.144. The predicted molar refractivity (Wildman–Crippen MR) is 95.9 cm³/mol. The maximum Gasteiger partial charge on any atom is 0.311 e. The van der Waals surface area contributed by atoms with E-state index in [4.69, 9.17) is 4.74 Å². The van der Waals surface area contributed by atoms with Gasteiger partial charge in [0.25, 0.3) is 0 Å². The molecule has 0 unspecified atom stereocenters. The zero-order chi connectivity index (χ0) is 17.8. The molecule has 4 heteroatoms. The van der Waals surface area contributed by atoms with Crippen LogP contribution in [0.4, 0.5) is 0 Å². The lowest BCUT2D eigenvalue weighted by Gasteiger charge is -2.43. The van der Waals surface area contributed by atoms with Crippen molar-refractivity contribution in [3.05, 3.63) is 23.3 Å². The first-order valence-electron chi connectivity index (χ1n) is 9.77. The molecule has 2 heterocycles. The average Bonchev–Trinajstić information content (AvgIpc) is 2.89. The molecule has 4 aliphatic rings. The van der Waals surface area contributed by atoms with E-state index in [0.717, 1.165) is 49.5 Å². The van der Waals surface area contributed by atoms with Crippen molar-refractivity contribution in [1.82, 2.24) is 4.90 Å². The molecule has 4 atom stereocenters. The fourth-order valence-electron chi connectivity index (χ4n) is 5.30. The van der Waals surface area contributed by atoms with E-state index >= 15 is 0 Å². The molecule has 2 aliphatic heterocycles. The van der Waals surface area contributed by atoms with Crippen LogP contribution in [0.25, 0.3) is 0 Å². The zero-order valence-corrected chi connectivity index (χ0v) is 15.6. The summed E-state index contributed by atoms with van der Waals surface area (Å²) in [6, 6.07) is 0. The van der Waals surface area contributed by atoms with Gasteiger partial charge in [-0.2, -0.15) is 0 Å². The molecule has 4 nitrogen and oxygen atoms in total. The van der Waals surface area contributed by atoms with Gasteiger partial charge in [0.2, 0.25) is 0 Å². The molecule has 0 bridgehead atoms. The molecular formula is C21H29NO3. The van der Waals surface area contributed by atoms with E-state index in [1.807, 2.05) is 13.0 Å². The standard InChI is InChI=1S/C21H29NO3/c1-13-6-10-22(11-7-13)12-16-15-4-8-21(3)9-5-17(23)14(2)18(21)19(15)25-20(16)24/h5,9,13,15-16,19H,4,6-8,10-12H2,1-3H3/t15-,16+,19-,21-/m0/s1. The molecule has 4 rings (SSSR count). The summed E-state index contributed by atoms with van der Waals surface area (Å²) in [4.78, 5) is 27.3. The fraction of sp³-hybridized carbons (Fsp3) is 0.714. The Morgan fingerprint density at radius 3 is 2.68 bits per heavy atom. The summed E-state index contributed by atoms with van der Waals surface area (Å²) in [5, 5.41) is 0. The summed E-state index contributed by atoms with van der Waals surface area (Å²) in [5.41, 5.74) is 1.73. The van der Waals surface area contributed by atoms with Gasteiger partial charge >= 0.3 is 5.97 Å².